The molecule has 0 spiro atoms. The van der Waals surface area contributed by atoms with Crippen molar-refractivity contribution in [1.82, 2.24) is 4.90 Å². The molecule has 6 nitrogen and oxygen atoms in total. The van der Waals surface area contributed by atoms with Gasteiger partial charge in [0.1, 0.15) is 5.75 Å². The Morgan fingerprint density at radius 2 is 1.97 bits per heavy atom. The summed E-state index contributed by atoms with van der Waals surface area (Å²) < 4.78 is 50.5. The van der Waals surface area contributed by atoms with Gasteiger partial charge in [-0.05, 0) is 36.4 Å². The van der Waals surface area contributed by atoms with Gasteiger partial charge >= 0.3 is 6.18 Å². The molecular weight excluding hydrogens is 411 g/mol. The van der Waals surface area contributed by atoms with Crippen LogP contribution in [0.3, 0.4) is 0 Å². The van der Waals surface area contributed by atoms with E-state index in [1.54, 1.807) is 40.1 Å². The Morgan fingerprint density at radius 1 is 1.19 bits per heavy atom. The molecule has 1 fully saturated rings. The van der Waals surface area contributed by atoms with Crippen molar-refractivity contribution in [3.05, 3.63) is 59.2 Å². The molecule has 0 radical (unpaired) electrons. The highest BCUT2D eigenvalue weighted by atomic mass is 19.4. The maximum Gasteiger partial charge on any atom is 0.417 e. The van der Waals surface area contributed by atoms with Crippen molar-refractivity contribution in [2.24, 2.45) is 0 Å². The van der Waals surface area contributed by atoms with Gasteiger partial charge in [0.15, 0.2) is 0 Å². The lowest BCUT2D eigenvalue weighted by Gasteiger charge is -2.42. The number of anilines is 1. The number of rotatable bonds is 5. The minimum atomic E-state index is -4.63. The minimum Gasteiger partial charge on any atom is -0.497 e. The zero-order valence-electron chi connectivity index (χ0n) is 17.1. The van der Waals surface area contributed by atoms with Crippen molar-refractivity contribution >= 4 is 11.6 Å². The average molecular weight is 433 g/mol. The molecule has 2 aromatic carbocycles. The molecule has 1 aliphatic rings. The van der Waals surface area contributed by atoms with Gasteiger partial charge in [-0.2, -0.15) is 18.4 Å². The normalized spacial score (nSPS) is 16.7. The lowest BCUT2D eigenvalue weighted by Crippen LogP contribution is -2.57. The molecule has 1 atom stereocenters. The summed E-state index contributed by atoms with van der Waals surface area (Å²) in [7, 11) is 3.03. The van der Waals surface area contributed by atoms with Crippen LogP contribution in [0, 0.1) is 11.3 Å². The van der Waals surface area contributed by atoms with Crippen LogP contribution >= 0.6 is 0 Å². The summed E-state index contributed by atoms with van der Waals surface area (Å²) in [6, 6.07) is 11.7. The summed E-state index contributed by atoms with van der Waals surface area (Å²) in [5.41, 5.74) is -0.574. The standard InChI is InChI=1S/C22H22F3N3O3/c1-30-14-18-13-27(17-7-6-16(12-26)20(11-17)22(23,24)25)8-9-28(18)21(29)15-4-3-5-19(10-15)31-2/h3-7,10-11,18H,8-9,13-14H2,1-2H3. The number of hydrogen-bond acceptors (Lipinski definition) is 5. The number of ether oxygens (including phenoxy) is 2. The second-order valence-corrected chi connectivity index (χ2v) is 7.13. The second-order valence-electron chi connectivity index (χ2n) is 7.13. The number of alkyl halides is 3. The van der Waals surface area contributed by atoms with Crippen LogP contribution in [-0.4, -0.2) is 57.3 Å². The van der Waals surface area contributed by atoms with Crippen LogP contribution < -0.4 is 9.64 Å². The summed E-state index contributed by atoms with van der Waals surface area (Å²) in [5, 5.41) is 9.00. The van der Waals surface area contributed by atoms with Gasteiger partial charge in [-0.1, -0.05) is 6.07 Å². The van der Waals surface area contributed by atoms with Crippen molar-refractivity contribution in [2.45, 2.75) is 12.2 Å². The van der Waals surface area contributed by atoms with Gasteiger partial charge in [-0.15, -0.1) is 0 Å². The van der Waals surface area contributed by atoms with Gasteiger partial charge in [0.2, 0.25) is 0 Å². The SMILES string of the molecule is COCC1CN(c2ccc(C#N)c(C(F)(F)F)c2)CCN1C(=O)c1cccc(OC)c1. The molecule has 0 aliphatic carbocycles. The molecule has 1 heterocycles. The molecule has 1 aliphatic heterocycles. The summed E-state index contributed by atoms with van der Waals surface area (Å²) >= 11 is 0. The molecule has 1 unspecified atom stereocenters. The molecule has 164 valence electrons. The zero-order valence-corrected chi connectivity index (χ0v) is 17.1. The first-order valence-corrected chi connectivity index (χ1v) is 9.58. The third-order valence-electron chi connectivity index (χ3n) is 5.21. The van der Waals surface area contributed by atoms with Crippen molar-refractivity contribution in [3.8, 4) is 11.8 Å². The van der Waals surface area contributed by atoms with Crippen LogP contribution in [0.5, 0.6) is 5.75 Å². The topological polar surface area (TPSA) is 65.8 Å². The highest BCUT2D eigenvalue weighted by molar-refractivity contribution is 5.95. The molecule has 0 aromatic heterocycles. The number of nitrogens with zero attached hydrogens (tertiary/aromatic N) is 3. The quantitative estimate of drug-likeness (QED) is 0.722. The third-order valence-corrected chi connectivity index (χ3v) is 5.21. The first kappa shape index (κ1) is 22.4. The van der Waals surface area contributed by atoms with E-state index >= 15 is 0 Å². The smallest absolute Gasteiger partial charge is 0.417 e. The Kier molecular flexibility index (Phi) is 6.71. The molecule has 2 aromatic rings. The Bertz CT molecular complexity index is 988. The molecule has 1 saturated heterocycles. The number of hydrogen-bond donors (Lipinski definition) is 0. The van der Waals surface area contributed by atoms with E-state index in [4.69, 9.17) is 14.7 Å². The second kappa shape index (κ2) is 9.27. The number of amides is 1. The average Bonchev–Trinajstić information content (AvgIpc) is 2.77. The number of benzene rings is 2. The Hall–Kier alpha value is -3.25. The van der Waals surface area contributed by atoms with Gasteiger partial charge in [0.25, 0.3) is 5.91 Å². The molecular formula is C22H22F3N3O3. The first-order chi connectivity index (χ1) is 14.8. The van der Waals surface area contributed by atoms with E-state index in [1.165, 1.54) is 26.4 Å². The van der Waals surface area contributed by atoms with E-state index in [0.29, 0.717) is 36.6 Å². The fraction of sp³-hybridized carbons (Fsp3) is 0.364. The predicted molar refractivity (Wildman–Crippen MR) is 108 cm³/mol. The number of halogens is 3. The highest BCUT2D eigenvalue weighted by Crippen LogP contribution is 2.35. The summed E-state index contributed by atoms with van der Waals surface area (Å²) in [4.78, 5) is 16.5. The van der Waals surface area contributed by atoms with Crippen molar-refractivity contribution in [2.75, 3.05) is 45.4 Å². The van der Waals surface area contributed by atoms with Crippen LogP contribution in [0.4, 0.5) is 18.9 Å². The van der Waals surface area contributed by atoms with Crippen LogP contribution in [0.25, 0.3) is 0 Å². The molecule has 0 saturated carbocycles. The third kappa shape index (κ3) is 4.91. The van der Waals surface area contributed by atoms with E-state index in [9.17, 15) is 18.0 Å². The number of piperazine rings is 1. The van der Waals surface area contributed by atoms with Gasteiger partial charge in [-0.3, -0.25) is 4.79 Å². The van der Waals surface area contributed by atoms with Gasteiger partial charge in [0, 0.05) is 38.0 Å². The van der Waals surface area contributed by atoms with E-state index in [1.807, 2.05) is 0 Å². The minimum absolute atomic E-state index is 0.198. The predicted octanol–water partition coefficient (Wildman–Crippen LogP) is 3.56. The van der Waals surface area contributed by atoms with Crippen molar-refractivity contribution in [3.63, 3.8) is 0 Å². The lowest BCUT2D eigenvalue weighted by atomic mass is 10.0. The largest absolute Gasteiger partial charge is 0.497 e. The van der Waals surface area contributed by atoms with E-state index in [-0.39, 0.29) is 18.6 Å². The fourth-order valence-electron chi connectivity index (χ4n) is 3.68. The maximum absolute atomic E-state index is 13.3. The van der Waals surface area contributed by atoms with E-state index in [0.717, 1.165) is 6.07 Å². The number of carbonyl (C=O) groups is 1. The summed E-state index contributed by atoms with van der Waals surface area (Å²) in [5.74, 6) is 0.362. The number of nitriles is 1. The molecule has 9 heteroatoms. The van der Waals surface area contributed by atoms with E-state index < -0.39 is 17.3 Å². The zero-order chi connectivity index (χ0) is 22.6. The fourth-order valence-corrected chi connectivity index (χ4v) is 3.68. The monoisotopic (exact) mass is 433 g/mol. The lowest BCUT2D eigenvalue weighted by molar-refractivity contribution is -0.137. The van der Waals surface area contributed by atoms with E-state index in [2.05, 4.69) is 0 Å². The molecule has 1 amide bonds. The maximum atomic E-state index is 13.3. The molecule has 0 N–H and O–H groups in total. The summed E-state index contributed by atoms with van der Waals surface area (Å²) in [6.07, 6.45) is -4.63. The Labute approximate surface area is 178 Å². The van der Waals surface area contributed by atoms with Crippen LogP contribution in [0.1, 0.15) is 21.5 Å². The Balaban J connectivity index is 1.85. The molecule has 3 rings (SSSR count). The number of methoxy groups -OCH3 is 2. The van der Waals surface area contributed by atoms with Crippen molar-refractivity contribution < 1.29 is 27.4 Å². The van der Waals surface area contributed by atoms with Gasteiger partial charge in [0.05, 0.1) is 37.0 Å². The van der Waals surface area contributed by atoms with Crippen molar-refractivity contribution in [1.29, 1.82) is 5.26 Å². The number of carbonyl (C=O) groups excluding carboxylic acids is 1. The molecule has 0 bridgehead atoms. The Morgan fingerprint density at radius 3 is 2.61 bits per heavy atom. The molecule has 31 heavy (non-hydrogen) atoms. The summed E-state index contributed by atoms with van der Waals surface area (Å²) in [6.45, 7) is 1.19. The first-order valence-electron chi connectivity index (χ1n) is 9.58. The van der Waals surface area contributed by atoms with Crippen LogP contribution in [0.15, 0.2) is 42.5 Å². The van der Waals surface area contributed by atoms with Crippen LogP contribution in [-0.2, 0) is 10.9 Å². The highest BCUT2D eigenvalue weighted by Gasteiger charge is 2.36. The van der Waals surface area contributed by atoms with Crippen LogP contribution in [0.2, 0.25) is 0 Å². The van der Waals surface area contributed by atoms with Gasteiger partial charge in [-0.25, -0.2) is 0 Å². The van der Waals surface area contributed by atoms with Gasteiger partial charge < -0.3 is 19.3 Å².